The second-order valence-corrected chi connectivity index (χ2v) is 6.32. The van der Waals surface area contributed by atoms with E-state index in [0.29, 0.717) is 24.5 Å². The van der Waals surface area contributed by atoms with E-state index in [2.05, 4.69) is 20.6 Å². The van der Waals surface area contributed by atoms with Crippen molar-refractivity contribution in [3.8, 4) is 0 Å². The normalized spacial score (nSPS) is 13.0. The van der Waals surface area contributed by atoms with E-state index >= 15 is 0 Å². The summed E-state index contributed by atoms with van der Waals surface area (Å²) in [6.07, 6.45) is 2.53. The summed E-state index contributed by atoms with van der Waals surface area (Å²) in [6, 6.07) is 5.38. The van der Waals surface area contributed by atoms with Crippen LogP contribution in [0.5, 0.6) is 0 Å². The number of anilines is 3. The van der Waals surface area contributed by atoms with E-state index < -0.39 is 5.91 Å². The minimum atomic E-state index is -0.398. The number of fused-ring (bicyclic) bond motifs is 1. The number of nitrogens with zero attached hydrogens (tertiary/aromatic N) is 3. The molecule has 136 valence electrons. The van der Waals surface area contributed by atoms with Gasteiger partial charge in [-0.05, 0) is 44.0 Å². The number of amides is 2. The third-order valence-corrected chi connectivity index (χ3v) is 4.53. The van der Waals surface area contributed by atoms with E-state index in [1.54, 1.807) is 12.1 Å². The van der Waals surface area contributed by atoms with Gasteiger partial charge in [0, 0.05) is 30.9 Å². The van der Waals surface area contributed by atoms with Gasteiger partial charge in [0.1, 0.15) is 0 Å². The third-order valence-electron chi connectivity index (χ3n) is 4.25. The molecule has 0 bridgehead atoms. The average molecular weight is 374 g/mol. The van der Waals surface area contributed by atoms with Crippen molar-refractivity contribution in [2.75, 3.05) is 28.6 Å². The fourth-order valence-electron chi connectivity index (χ4n) is 2.83. The molecule has 0 aliphatic carbocycles. The zero-order chi connectivity index (χ0) is 18.7. The number of benzene rings is 1. The number of halogens is 1. The molecule has 1 aliphatic rings. The number of aromatic nitrogens is 2. The second-order valence-electron chi connectivity index (χ2n) is 5.91. The highest BCUT2D eigenvalue weighted by atomic mass is 35.5. The Morgan fingerprint density at radius 3 is 2.81 bits per heavy atom. The maximum atomic E-state index is 12.6. The zero-order valence-corrected chi connectivity index (χ0v) is 15.4. The number of aryl methyl sites for hydroxylation is 1. The molecule has 8 heteroatoms. The molecule has 0 unspecified atom stereocenters. The summed E-state index contributed by atoms with van der Waals surface area (Å²) in [5, 5.41) is 5.83. The summed E-state index contributed by atoms with van der Waals surface area (Å²) in [5.41, 5.74) is 2.53. The monoisotopic (exact) mass is 373 g/mol. The first-order chi connectivity index (χ1) is 12.5. The van der Waals surface area contributed by atoms with Crippen molar-refractivity contribution < 1.29 is 9.59 Å². The highest BCUT2D eigenvalue weighted by molar-refractivity contribution is 6.34. The van der Waals surface area contributed by atoms with Gasteiger partial charge in [-0.3, -0.25) is 9.59 Å². The maximum absolute atomic E-state index is 12.6. The van der Waals surface area contributed by atoms with Gasteiger partial charge in [0.05, 0.1) is 11.2 Å². The summed E-state index contributed by atoms with van der Waals surface area (Å²) in [5.74, 6) is 0.0780. The van der Waals surface area contributed by atoms with Crippen molar-refractivity contribution in [1.82, 2.24) is 9.97 Å². The summed E-state index contributed by atoms with van der Waals surface area (Å²) in [6.45, 7) is 5.45. The van der Waals surface area contributed by atoms with Gasteiger partial charge < -0.3 is 15.5 Å². The zero-order valence-electron chi connectivity index (χ0n) is 14.7. The van der Waals surface area contributed by atoms with Crippen molar-refractivity contribution >= 4 is 40.7 Å². The molecule has 2 amide bonds. The van der Waals surface area contributed by atoms with Gasteiger partial charge in [-0.1, -0.05) is 11.6 Å². The third kappa shape index (κ3) is 3.77. The van der Waals surface area contributed by atoms with Crippen LogP contribution in [0.3, 0.4) is 0 Å². The van der Waals surface area contributed by atoms with Gasteiger partial charge in [-0.25, -0.2) is 9.97 Å². The SMILES string of the molecule is CCN(CC)c1ncc(Cl)c(C(=O)Nc2ccc3c(c2)CCC(=O)N3)n1. The highest BCUT2D eigenvalue weighted by Gasteiger charge is 2.18. The van der Waals surface area contributed by atoms with Crippen LogP contribution in [-0.2, 0) is 11.2 Å². The summed E-state index contributed by atoms with van der Waals surface area (Å²) >= 11 is 6.13. The Hall–Kier alpha value is -2.67. The van der Waals surface area contributed by atoms with Crippen LogP contribution in [0.15, 0.2) is 24.4 Å². The number of carbonyl (C=O) groups excluding carboxylic acids is 2. The molecule has 26 heavy (non-hydrogen) atoms. The fraction of sp³-hybridized carbons (Fsp3) is 0.333. The molecule has 0 saturated carbocycles. The molecule has 0 radical (unpaired) electrons. The number of carbonyl (C=O) groups is 2. The van der Waals surface area contributed by atoms with E-state index in [0.717, 1.165) is 24.3 Å². The lowest BCUT2D eigenvalue weighted by atomic mass is 10.0. The van der Waals surface area contributed by atoms with Gasteiger partial charge in [-0.2, -0.15) is 0 Å². The van der Waals surface area contributed by atoms with E-state index in [4.69, 9.17) is 11.6 Å². The van der Waals surface area contributed by atoms with Gasteiger partial charge in [-0.15, -0.1) is 0 Å². The molecule has 2 aromatic rings. The smallest absolute Gasteiger partial charge is 0.276 e. The predicted molar refractivity (Wildman–Crippen MR) is 102 cm³/mol. The van der Waals surface area contributed by atoms with Gasteiger partial charge in [0.2, 0.25) is 11.9 Å². The Morgan fingerprint density at radius 1 is 1.31 bits per heavy atom. The first kappa shape index (κ1) is 18.1. The van der Waals surface area contributed by atoms with Crippen molar-refractivity contribution in [3.05, 3.63) is 40.7 Å². The van der Waals surface area contributed by atoms with Crippen LogP contribution >= 0.6 is 11.6 Å². The molecule has 0 fully saturated rings. The number of rotatable bonds is 5. The molecule has 2 N–H and O–H groups in total. The lowest BCUT2D eigenvalue weighted by Crippen LogP contribution is -2.26. The molecule has 0 atom stereocenters. The molecule has 1 aromatic heterocycles. The molecule has 7 nitrogen and oxygen atoms in total. The summed E-state index contributed by atoms with van der Waals surface area (Å²) in [4.78, 5) is 34.5. The van der Waals surface area contributed by atoms with Crippen molar-refractivity contribution in [2.45, 2.75) is 26.7 Å². The molecule has 0 saturated heterocycles. The van der Waals surface area contributed by atoms with Gasteiger partial charge in [0.15, 0.2) is 5.69 Å². The second kappa shape index (κ2) is 7.70. The van der Waals surface area contributed by atoms with Crippen LogP contribution < -0.4 is 15.5 Å². The lowest BCUT2D eigenvalue weighted by Gasteiger charge is -2.19. The van der Waals surface area contributed by atoms with E-state index in [1.807, 2.05) is 24.8 Å². The first-order valence-corrected chi connectivity index (χ1v) is 8.91. The Morgan fingerprint density at radius 2 is 2.08 bits per heavy atom. The number of hydrogen-bond acceptors (Lipinski definition) is 5. The Bertz CT molecular complexity index is 851. The Balaban J connectivity index is 1.82. The fourth-order valence-corrected chi connectivity index (χ4v) is 3.00. The van der Waals surface area contributed by atoms with Crippen LogP contribution in [0, 0.1) is 0 Å². The highest BCUT2D eigenvalue weighted by Crippen LogP contribution is 2.26. The van der Waals surface area contributed by atoms with Gasteiger partial charge in [0.25, 0.3) is 5.91 Å². The number of hydrogen-bond donors (Lipinski definition) is 2. The molecule has 1 aliphatic heterocycles. The van der Waals surface area contributed by atoms with Crippen LogP contribution in [0.1, 0.15) is 36.3 Å². The maximum Gasteiger partial charge on any atom is 0.276 e. The van der Waals surface area contributed by atoms with Crippen molar-refractivity contribution in [2.24, 2.45) is 0 Å². The van der Waals surface area contributed by atoms with E-state index in [-0.39, 0.29) is 16.6 Å². The first-order valence-electron chi connectivity index (χ1n) is 8.53. The molecule has 3 rings (SSSR count). The van der Waals surface area contributed by atoms with Crippen LogP contribution in [0.4, 0.5) is 17.3 Å². The van der Waals surface area contributed by atoms with Crippen molar-refractivity contribution in [3.63, 3.8) is 0 Å². The van der Waals surface area contributed by atoms with Crippen LogP contribution in [0.25, 0.3) is 0 Å². The van der Waals surface area contributed by atoms with Crippen LogP contribution in [0.2, 0.25) is 5.02 Å². The molecule has 0 spiro atoms. The van der Waals surface area contributed by atoms with Crippen molar-refractivity contribution in [1.29, 1.82) is 0 Å². The topological polar surface area (TPSA) is 87.2 Å². The van der Waals surface area contributed by atoms with Gasteiger partial charge >= 0.3 is 0 Å². The van der Waals surface area contributed by atoms with E-state index in [1.165, 1.54) is 6.20 Å². The molecule has 1 aromatic carbocycles. The van der Waals surface area contributed by atoms with E-state index in [9.17, 15) is 9.59 Å². The predicted octanol–water partition coefficient (Wildman–Crippen LogP) is 3.11. The lowest BCUT2D eigenvalue weighted by molar-refractivity contribution is -0.116. The molecule has 2 heterocycles. The summed E-state index contributed by atoms with van der Waals surface area (Å²) in [7, 11) is 0. The van der Waals surface area contributed by atoms with Crippen LogP contribution in [-0.4, -0.2) is 34.9 Å². The standard InChI is InChI=1S/C18H20ClN5O2/c1-3-24(4-2)18-20-10-13(19)16(23-18)17(26)21-12-6-7-14-11(9-12)5-8-15(25)22-14/h6-7,9-10H,3-5,8H2,1-2H3,(H,21,26)(H,22,25). The average Bonchev–Trinajstić information content (AvgIpc) is 2.64. The largest absolute Gasteiger partial charge is 0.341 e. The summed E-state index contributed by atoms with van der Waals surface area (Å²) < 4.78 is 0. The minimum absolute atomic E-state index is 0.00554. The Kier molecular flexibility index (Phi) is 5.37. The number of nitrogens with one attached hydrogen (secondary N) is 2. The Labute approximate surface area is 156 Å². The molecular formula is C18H20ClN5O2. The minimum Gasteiger partial charge on any atom is -0.341 e. The molecular weight excluding hydrogens is 354 g/mol. The quantitative estimate of drug-likeness (QED) is 0.840.